The average Bonchev–Trinajstić information content (AvgIpc) is 2.27. The lowest BCUT2D eigenvalue weighted by atomic mass is 10.0. The normalized spacial score (nSPS) is 10.9. The SMILES string of the molecule is CCOC(=O)c1cc(C(F)(F)F)cc(Cl)c1C#N. The van der Waals surface area contributed by atoms with Crippen molar-refractivity contribution in [3.05, 3.63) is 33.8 Å². The second-order valence-electron chi connectivity index (χ2n) is 3.21. The standard InChI is InChI=1S/C11H7ClF3NO2/c1-2-18-10(17)7-3-6(11(13,14)15)4-9(12)8(7)5-16/h3-4H,2H2,1H3. The van der Waals surface area contributed by atoms with Crippen molar-refractivity contribution < 1.29 is 22.7 Å². The van der Waals surface area contributed by atoms with Gasteiger partial charge in [-0.1, -0.05) is 11.6 Å². The second kappa shape index (κ2) is 5.27. The molecule has 0 spiro atoms. The van der Waals surface area contributed by atoms with E-state index in [1.54, 1.807) is 6.07 Å². The van der Waals surface area contributed by atoms with Gasteiger partial charge in [-0.05, 0) is 19.1 Å². The largest absolute Gasteiger partial charge is 0.462 e. The van der Waals surface area contributed by atoms with Crippen LogP contribution >= 0.6 is 11.6 Å². The molecule has 0 N–H and O–H groups in total. The van der Waals surface area contributed by atoms with Crippen molar-refractivity contribution in [2.75, 3.05) is 6.61 Å². The maximum Gasteiger partial charge on any atom is 0.416 e. The Kier molecular flexibility index (Phi) is 4.19. The van der Waals surface area contributed by atoms with Crippen molar-refractivity contribution in [2.45, 2.75) is 13.1 Å². The van der Waals surface area contributed by atoms with Crippen LogP contribution in [0.5, 0.6) is 0 Å². The molecule has 0 aliphatic heterocycles. The Bertz CT molecular complexity index is 520. The summed E-state index contributed by atoms with van der Waals surface area (Å²) in [6, 6.07) is 2.74. The van der Waals surface area contributed by atoms with Crippen LogP contribution in [0, 0.1) is 11.3 Å². The smallest absolute Gasteiger partial charge is 0.416 e. The fourth-order valence-electron chi connectivity index (χ4n) is 1.25. The number of carbonyl (C=O) groups is 1. The Morgan fingerprint density at radius 2 is 2.11 bits per heavy atom. The lowest BCUT2D eigenvalue weighted by Gasteiger charge is -2.11. The zero-order chi connectivity index (χ0) is 13.9. The Labute approximate surface area is 106 Å². The predicted octanol–water partition coefficient (Wildman–Crippen LogP) is 3.41. The third-order valence-electron chi connectivity index (χ3n) is 2.02. The quantitative estimate of drug-likeness (QED) is 0.778. The van der Waals surface area contributed by atoms with E-state index in [1.807, 2.05) is 0 Å². The van der Waals surface area contributed by atoms with Gasteiger partial charge in [0, 0.05) is 0 Å². The molecule has 3 nitrogen and oxygen atoms in total. The van der Waals surface area contributed by atoms with Gasteiger partial charge in [-0.3, -0.25) is 0 Å². The van der Waals surface area contributed by atoms with E-state index in [9.17, 15) is 18.0 Å². The zero-order valence-electron chi connectivity index (χ0n) is 9.14. The van der Waals surface area contributed by atoms with Gasteiger partial charge in [0.15, 0.2) is 0 Å². The molecule has 0 radical (unpaired) electrons. The Hall–Kier alpha value is -1.74. The number of nitriles is 1. The van der Waals surface area contributed by atoms with Crippen LogP contribution in [0.2, 0.25) is 5.02 Å². The number of halogens is 4. The lowest BCUT2D eigenvalue weighted by Crippen LogP contribution is -2.12. The van der Waals surface area contributed by atoms with Crippen molar-refractivity contribution in [3.63, 3.8) is 0 Å². The number of nitrogens with zero attached hydrogens (tertiary/aromatic N) is 1. The number of carbonyl (C=O) groups excluding carboxylic acids is 1. The first kappa shape index (κ1) is 14.3. The minimum Gasteiger partial charge on any atom is -0.462 e. The van der Waals surface area contributed by atoms with E-state index < -0.39 is 28.3 Å². The van der Waals surface area contributed by atoms with Gasteiger partial charge in [-0.2, -0.15) is 18.4 Å². The van der Waals surface area contributed by atoms with E-state index in [-0.39, 0.29) is 12.2 Å². The number of rotatable bonds is 2. The number of esters is 1. The molecule has 0 unspecified atom stereocenters. The van der Waals surface area contributed by atoms with Gasteiger partial charge in [0.2, 0.25) is 0 Å². The fourth-order valence-corrected chi connectivity index (χ4v) is 1.52. The minimum absolute atomic E-state index is 0.0163. The lowest BCUT2D eigenvalue weighted by molar-refractivity contribution is -0.137. The van der Waals surface area contributed by atoms with E-state index in [0.717, 1.165) is 0 Å². The number of benzene rings is 1. The highest BCUT2D eigenvalue weighted by atomic mass is 35.5. The van der Waals surface area contributed by atoms with Gasteiger partial charge in [0.25, 0.3) is 0 Å². The molecule has 0 saturated carbocycles. The maximum absolute atomic E-state index is 12.5. The van der Waals surface area contributed by atoms with Crippen LogP contribution in [0.1, 0.15) is 28.4 Å². The molecular weight excluding hydrogens is 271 g/mol. The Morgan fingerprint density at radius 3 is 2.56 bits per heavy atom. The molecule has 0 atom stereocenters. The molecule has 96 valence electrons. The topological polar surface area (TPSA) is 50.1 Å². The maximum atomic E-state index is 12.5. The molecule has 0 fully saturated rings. The molecule has 0 aliphatic carbocycles. The van der Waals surface area contributed by atoms with Crippen LogP contribution in [0.4, 0.5) is 13.2 Å². The molecule has 1 aromatic rings. The van der Waals surface area contributed by atoms with E-state index in [4.69, 9.17) is 16.9 Å². The van der Waals surface area contributed by atoms with Crippen molar-refractivity contribution in [1.29, 1.82) is 5.26 Å². The first-order valence-corrected chi connectivity index (χ1v) is 5.17. The highest BCUT2D eigenvalue weighted by Gasteiger charge is 2.33. The third kappa shape index (κ3) is 2.93. The molecule has 0 bridgehead atoms. The molecule has 0 aliphatic rings. The molecule has 0 heterocycles. The molecule has 18 heavy (non-hydrogen) atoms. The van der Waals surface area contributed by atoms with Crippen LogP contribution in [-0.2, 0) is 10.9 Å². The van der Waals surface area contributed by atoms with Crippen molar-refractivity contribution in [3.8, 4) is 6.07 Å². The molecule has 0 saturated heterocycles. The molecule has 1 aromatic carbocycles. The summed E-state index contributed by atoms with van der Waals surface area (Å²) in [6.07, 6.45) is -4.65. The monoisotopic (exact) mass is 277 g/mol. The molecule has 0 amide bonds. The summed E-state index contributed by atoms with van der Waals surface area (Å²) in [6.45, 7) is 1.48. The second-order valence-corrected chi connectivity index (χ2v) is 3.62. The summed E-state index contributed by atoms with van der Waals surface area (Å²) in [7, 11) is 0. The summed E-state index contributed by atoms with van der Waals surface area (Å²) < 4.78 is 42.2. The summed E-state index contributed by atoms with van der Waals surface area (Å²) in [4.78, 5) is 11.5. The van der Waals surface area contributed by atoms with Crippen LogP contribution < -0.4 is 0 Å². The van der Waals surface area contributed by atoms with E-state index in [1.165, 1.54) is 6.92 Å². The van der Waals surface area contributed by atoms with Gasteiger partial charge < -0.3 is 4.74 Å². The van der Waals surface area contributed by atoms with Crippen LogP contribution in [0.15, 0.2) is 12.1 Å². The van der Waals surface area contributed by atoms with Crippen LogP contribution in [0.25, 0.3) is 0 Å². The summed E-state index contributed by atoms with van der Waals surface area (Å²) >= 11 is 5.55. The summed E-state index contributed by atoms with van der Waals surface area (Å²) in [5.74, 6) is -1.01. The molecule has 0 aromatic heterocycles. The van der Waals surface area contributed by atoms with E-state index in [0.29, 0.717) is 12.1 Å². The highest BCUT2D eigenvalue weighted by molar-refractivity contribution is 6.32. The van der Waals surface area contributed by atoms with Gasteiger partial charge >= 0.3 is 12.1 Å². The number of hydrogen-bond donors (Lipinski definition) is 0. The first-order chi connectivity index (χ1) is 8.31. The predicted molar refractivity (Wildman–Crippen MR) is 57.1 cm³/mol. The fraction of sp³-hybridized carbons (Fsp3) is 0.273. The summed E-state index contributed by atoms with van der Waals surface area (Å²) in [5, 5.41) is 8.35. The summed E-state index contributed by atoms with van der Waals surface area (Å²) in [5.41, 5.74) is -1.92. The van der Waals surface area contributed by atoms with E-state index >= 15 is 0 Å². The first-order valence-electron chi connectivity index (χ1n) is 4.79. The number of alkyl halides is 3. The minimum atomic E-state index is -4.65. The Balaban J connectivity index is 3.43. The van der Waals surface area contributed by atoms with Gasteiger partial charge in [-0.15, -0.1) is 0 Å². The molecule has 7 heteroatoms. The van der Waals surface area contributed by atoms with Crippen LogP contribution in [0.3, 0.4) is 0 Å². The van der Waals surface area contributed by atoms with E-state index in [2.05, 4.69) is 4.74 Å². The van der Waals surface area contributed by atoms with Gasteiger partial charge in [0.1, 0.15) is 6.07 Å². The zero-order valence-corrected chi connectivity index (χ0v) is 9.89. The Morgan fingerprint density at radius 1 is 1.50 bits per heavy atom. The van der Waals surface area contributed by atoms with Gasteiger partial charge in [0.05, 0.1) is 28.3 Å². The average molecular weight is 278 g/mol. The van der Waals surface area contributed by atoms with Crippen molar-refractivity contribution >= 4 is 17.6 Å². The van der Waals surface area contributed by atoms with Gasteiger partial charge in [-0.25, -0.2) is 4.79 Å². The molecule has 1 rings (SSSR count). The van der Waals surface area contributed by atoms with Crippen molar-refractivity contribution in [1.82, 2.24) is 0 Å². The number of ether oxygens (including phenoxy) is 1. The number of hydrogen-bond acceptors (Lipinski definition) is 3. The highest BCUT2D eigenvalue weighted by Crippen LogP contribution is 2.34. The van der Waals surface area contributed by atoms with Crippen LogP contribution in [-0.4, -0.2) is 12.6 Å². The molecular formula is C11H7ClF3NO2. The van der Waals surface area contributed by atoms with Crippen molar-refractivity contribution in [2.24, 2.45) is 0 Å². The third-order valence-corrected chi connectivity index (χ3v) is 2.32.